The standard InChI is InChI=1S/C21H30N4O3.C14H16ClN3O3.C7H15N.CH2O3.ClH.Cs.FH.2K.2H2S.H/c1-14-11-21(5,6)24(12-14)18-15(19(26)27)7-8-16(22-18)25-10-9-17(23-25)28-13-20(2,3)4;1-14(2,3)8-21-11-6-7-18(17-11)10-5-4-9(13(19)20)12(15)16-10;1-6-4-7(2,3)8-5-6;2-1-4-3;;;;;;;;/h7-10,14H,11-13H2,1-6H3,(H,26,27);4-7H,8H2,1-3H3,(H,19,20);6,8H,4-5H2,1-3H3;1,3H;1H;;1H;;;2*1H2;/q;;;;;+1;;2*+1;;;-1/p-2/t14-;;6-;;;;;;;;;/m0.0........./s1. The van der Waals surface area contributed by atoms with Crippen LogP contribution in [0.15, 0.2) is 48.8 Å². The van der Waals surface area contributed by atoms with Gasteiger partial charge in [-0.25, -0.2) is 28.9 Å². The van der Waals surface area contributed by atoms with Gasteiger partial charge in [-0.2, -0.15) is 27.0 Å². The number of nitrogens with zero attached hydrogens (tertiary/aromatic N) is 7. The van der Waals surface area contributed by atoms with Gasteiger partial charge in [-0.05, 0) is 94.0 Å². The number of aromatic nitrogens is 6. The van der Waals surface area contributed by atoms with E-state index in [1.54, 1.807) is 41.3 Å². The van der Waals surface area contributed by atoms with Gasteiger partial charge in [0.05, 0.1) is 18.8 Å². The molecule has 2 saturated heterocycles. The number of nitrogens with one attached hydrogen (secondary N) is 1. The Kier molecular flexibility index (Phi) is 40.4. The first-order valence-corrected chi connectivity index (χ1v) is 20.4. The summed E-state index contributed by atoms with van der Waals surface area (Å²) < 4.78 is 14.4. The van der Waals surface area contributed by atoms with Crippen LogP contribution in [0.1, 0.15) is 118 Å². The van der Waals surface area contributed by atoms with Crippen LogP contribution in [0.5, 0.6) is 11.8 Å². The van der Waals surface area contributed by atoms with Crippen LogP contribution in [0, 0.1) is 22.7 Å². The van der Waals surface area contributed by atoms with E-state index in [-0.39, 0.29) is 256 Å². The van der Waals surface area contributed by atoms with Crippen LogP contribution in [0.4, 0.5) is 5.82 Å². The number of ether oxygens (including phenoxy) is 2. The molecule has 2 atom stereocenters. The number of hydrogen-bond acceptors (Lipinski definition) is 13. The minimum Gasteiger partial charge on any atom is -1.00 e. The maximum atomic E-state index is 11.8. The van der Waals surface area contributed by atoms with E-state index < -0.39 is 11.9 Å². The molecule has 0 aromatic carbocycles. The van der Waals surface area contributed by atoms with Crippen molar-refractivity contribution >= 4 is 75.2 Å². The number of anilines is 1. The van der Waals surface area contributed by atoms with Crippen LogP contribution < -0.4 is 201 Å². The van der Waals surface area contributed by atoms with Crippen molar-refractivity contribution in [2.24, 2.45) is 22.7 Å². The van der Waals surface area contributed by atoms with Crippen LogP contribution in [-0.4, -0.2) is 95.5 Å². The van der Waals surface area contributed by atoms with Crippen LogP contribution in [0.25, 0.3) is 11.6 Å². The first kappa shape index (κ1) is 77.9. The number of carboxylic acids is 2. The molecule has 0 spiro atoms. The van der Waals surface area contributed by atoms with E-state index in [0.717, 1.165) is 18.9 Å². The molecule has 6 rings (SSSR count). The molecule has 17 nitrogen and oxygen atoms in total. The van der Waals surface area contributed by atoms with E-state index in [4.69, 9.17) is 36.2 Å². The van der Waals surface area contributed by atoms with Gasteiger partial charge in [0.1, 0.15) is 16.5 Å². The van der Waals surface area contributed by atoms with Gasteiger partial charge in [0.15, 0.2) is 11.6 Å². The molecule has 0 aliphatic carbocycles. The largest absolute Gasteiger partial charge is 1.00 e. The number of hydrogen-bond donors (Lipinski definition) is 3. The summed E-state index contributed by atoms with van der Waals surface area (Å²) in [7, 11) is 0. The van der Waals surface area contributed by atoms with Crippen molar-refractivity contribution in [3.8, 4) is 23.4 Å². The average molecular weight is 1210 g/mol. The van der Waals surface area contributed by atoms with Gasteiger partial charge in [-0.1, -0.05) is 67.0 Å². The van der Waals surface area contributed by atoms with Crippen molar-refractivity contribution in [3.63, 3.8) is 0 Å². The van der Waals surface area contributed by atoms with Gasteiger partial charge in [0.25, 0.3) is 6.47 Å². The Hall–Kier alpha value is 0.985. The zero-order chi connectivity index (χ0) is 45.9. The molecule has 370 valence electrons. The predicted octanol–water partition coefficient (Wildman–Crippen LogP) is -4.34. The smallest absolute Gasteiger partial charge is 1.00 e. The molecule has 4 aromatic rings. The fraction of sp³-hybridized carbons (Fsp3) is 0.558. The number of carbonyl (C=O) groups excluding carboxylic acids is 1. The van der Waals surface area contributed by atoms with Crippen LogP contribution in [-0.2, 0) is 9.68 Å². The summed E-state index contributed by atoms with van der Waals surface area (Å²) in [5, 5.41) is 39.0. The summed E-state index contributed by atoms with van der Waals surface area (Å²) in [6, 6.07) is 9.73. The number of carboxylic acid groups (broad SMARTS) is 2. The zero-order valence-electron chi connectivity index (χ0n) is 43.1. The fourth-order valence-electron chi connectivity index (χ4n) is 6.68. The van der Waals surface area contributed by atoms with Crippen molar-refractivity contribution in [1.29, 1.82) is 0 Å². The third kappa shape index (κ3) is 27.0. The van der Waals surface area contributed by atoms with Crippen LogP contribution in [0.3, 0.4) is 0 Å². The van der Waals surface area contributed by atoms with Crippen LogP contribution >= 0.6 is 51.0 Å². The minimum atomic E-state index is -1.12. The Balaban J connectivity index is -0.000000215. The Morgan fingerprint density at radius 1 is 0.824 bits per heavy atom. The molecule has 3 N–H and O–H groups in total. The van der Waals surface area contributed by atoms with Gasteiger partial charge in [-0.15, -0.1) is 22.6 Å². The molecule has 0 bridgehead atoms. The monoisotopic (exact) mass is 1200 g/mol. The molecule has 25 heteroatoms. The average Bonchev–Trinajstić information content (AvgIpc) is 3.95. The number of rotatable bonds is 10. The van der Waals surface area contributed by atoms with E-state index in [9.17, 15) is 14.7 Å². The maximum Gasteiger partial charge on any atom is 1.00 e. The second kappa shape index (κ2) is 35.3. The molecular weight excluding hydrogens is 1140 g/mol. The number of halogens is 3. The van der Waals surface area contributed by atoms with Gasteiger partial charge in [0.2, 0.25) is 11.8 Å². The maximum absolute atomic E-state index is 11.8. The van der Waals surface area contributed by atoms with E-state index in [1.165, 1.54) is 29.8 Å². The molecule has 4 aromatic heterocycles. The van der Waals surface area contributed by atoms with Crippen molar-refractivity contribution in [1.82, 2.24) is 34.8 Å². The minimum absolute atomic E-state index is 0. The summed E-state index contributed by atoms with van der Waals surface area (Å²) >= 11 is 5.84. The molecule has 2 fully saturated rings. The Morgan fingerprint density at radius 3 is 1.56 bits per heavy atom. The van der Waals surface area contributed by atoms with Gasteiger partial charge < -0.3 is 46.2 Å². The second-order valence-electron chi connectivity index (χ2n) is 19.1. The first-order valence-electron chi connectivity index (χ1n) is 20.0. The normalized spacial score (nSPS) is 15.9. The quantitative estimate of drug-likeness (QED) is 0.0450. The van der Waals surface area contributed by atoms with Gasteiger partial charge in [-0.3, -0.25) is 4.79 Å². The van der Waals surface area contributed by atoms with Crippen LogP contribution in [0.2, 0.25) is 5.15 Å². The van der Waals surface area contributed by atoms with Crippen molar-refractivity contribution < 1.29 is 222 Å². The van der Waals surface area contributed by atoms with E-state index in [2.05, 4.69) is 118 Å². The third-order valence-corrected chi connectivity index (χ3v) is 9.50. The Labute approximate surface area is 571 Å². The van der Waals surface area contributed by atoms with E-state index >= 15 is 0 Å². The molecule has 0 unspecified atom stereocenters. The summed E-state index contributed by atoms with van der Waals surface area (Å²) in [4.78, 5) is 44.7. The van der Waals surface area contributed by atoms with Crippen molar-refractivity contribution in [2.75, 3.05) is 31.2 Å². The third-order valence-electron chi connectivity index (χ3n) is 9.22. The summed E-state index contributed by atoms with van der Waals surface area (Å²) in [6.07, 6.45) is 5.77. The zero-order valence-corrected chi connectivity index (χ0v) is 58.2. The number of carbonyl (C=O) groups is 3. The molecule has 6 heterocycles. The SMILES string of the molecule is CC(C)(C)COc1ccn(-c2ccc(C(=O)O)c(Cl)n2)n1.C[C@@H]1CN(c2nc(-n3ccc(OCC(C)(C)C)n3)ccc2C(=O)O)C(C)(C)C1.C[C@@H]1CNC(C)(C)C1.Cl.O=CO[O-].S.S.[Cs+].[F-].[H-].[K+].[K+]. The number of pyridine rings is 2. The summed E-state index contributed by atoms with van der Waals surface area (Å²) in [5.41, 5.74) is 0.504. The van der Waals surface area contributed by atoms with Crippen molar-refractivity contribution in [2.45, 2.75) is 107 Å². The molecule has 0 amide bonds. The molecule has 0 saturated carbocycles. The predicted molar refractivity (Wildman–Crippen MR) is 259 cm³/mol. The summed E-state index contributed by atoms with van der Waals surface area (Å²) in [6.45, 7) is 28.6. The second-order valence-corrected chi connectivity index (χ2v) is 19.4. The van der Waals surface area contributed by atoms with E-state index in [1.807, 2.05) is 0 Å². The topological polar surface area (TPSA) is 219 Å². The Morgan fingerprint density at radius 2 is 1.25 bits per heavy atom. The molecule has 0 radical (unpaired) electrons. The molecule has 68 heavy (non-hydrogen) atoms. The summed E-state index contributed by atoms with van der Waals surface area (Å²) in [5.74, 6) is 1.76. The van der Waals surface area contributed by atoms with E-state index in [0.29, 0.717) is 53.9 Å². The van der Waals surface area contributed by atoms with Gasteiger partial charge >= 0.3 is 184 Å². The fourth-order valence-corrected chi connectivity index (χ4v) is 6.91. The Bertz CT molecular complexity index is 2120. The van der Waals surface area contributed by atoms with Gasteiger partial charge in [0, 0.05) is 42.1 Å². The first-order chi connectivity index (χ1) is 28.2. The molecule has 2 aliphatic heterocycles. The van der Waals surface area contributed by atoms with Crippen molar-refractivity contribution in [3.05, 3.63) is 65.1 Å². The molecular formula is C43H68Cl2CsFK2N8O9S2. The number of aromatic carboxylic acids is 2. The molecule has 2 aliphatic rings.